The zero-order valence-corrected chi connectivity index (χ0v) is 16.0. The topological polar surface area (TPSA) is 51.7 Å². The molecule has 1 aromatic heterocycles. The first-order chi connectivity index (χ1) is 11.9. The molecule has 3 rings (SSSR count). The van der Waals surface area contributed by atoms with Crippen LogP contribution in [0.25, 0.3) is 10.2 Å². The van der Waals surface area contributed by atoms with E-state index in [1.165, 1.54) is 0 Å². The summed E-state index contributed by atoms with van der Waals surface area (Å²) < 4.78 is 12.5. The van der Waals surface area contributed by atoms with Gasteiger partial charge in [0, 0.05) is 13.1 Å². The first-order valence-electron chi connectivity index (χ1n) is 8.87. The van der Waals surface area contributed by atoms with E-state index in [1.807, 2.05) is 43.9 Å². The molecule has 0 radical (unpaired) electrons. The van der Waals surface area contributed by atoms with E-state index >= 15 is 0 Å². The highest BCUT2D eigenvalue weighted by Crippen LogP contribution is 2.28. The predicted octanol–water partition coefficient (Wildman–Crippen LogP) is 4.71. The number of carbonyl (C=O) groups is 1. The van der Waals surface area contributed by atoms with Crippen LogP contribution >= 0.6 is 11.3 Å². The van der Waals surface area contributed by atoms with E-state index in [0.717, 1.165) is 47.8 Å². The number of benzene rings is 1. The zero-order valence-electron chi connectivity index (χ0n) is 15.2. The molecule has 1 aliphatic rings. The Bertz CT molecular complexity index is 690. The highest BCUT2D eigenvalue weighted by molar-refractivity contribution is 7.20. The van der Waals surface area contributed by atoms with Crippen molar-refractivity contribution in [3.63, 3.8) is 0 Å². The Kier molecular flexibility index (Phi) is 5.47. The van der Waals surface area contributed by atoms with Gasteiger partial charge in [-0.3, -0.25) is 0 Å². The van der Waals surface area contributed by atoms with Crippen molar-refractivity contribution in [2.75, 3.05) is 19.7 Å². The van der Waals surface area contributed by atoms with Crippen LogP contribution in [0.4, 0.5) is 4.79 Å². The number of carbonyl (C=O) groups excluding carboxylic acids is 1. The number of ether oxygens (including phenoxy) is 2. The molecule has 1 amide bonds. The summed E-state index contributed by atoms with van der Waals surface area (Å²) in [4.78, 5) is 18.5. The van der Waals surface area contributed by atoms with Gasteiger partial charge in [-0.25, -0.2) is 9.78 Å². The average Bonchev–Trinajstić information content (AvgIpc) is 2.96. The summed E-state index contributed by atoms with van der Waals surface area (Å²) in [5.74, 6) is 0.454. The second-order valence-electron chi connectivity index (χ2n) is 7.52. The van der Waals surface area contributed by atoms with Crippen LogP contribution in [-0.4, -0.2) is 41.3 Å². The minimum Gasteiger partial charge on any atom is -0.470 e. The Labute approximate surface area is 152 Å². The number of likely N-dealkylation sites (tertiary alicyclic amines) is 1. The fourth-order valence-corrected chi connectivity index (χ4v) is 3.86. The van der Waals surface area contributed by atoms with Gasteiger partial charge >= 0.3 is 6.09 Å². The Morgan fingerprint density at radius 1 is 1.36 bits per heavy atom. The molecule has 1 unspecified atom stereocenters. The van der Waals surface area contributed by atoms with E-state index in [0.29, 0.717) is 12.5 Å². The Hall–Kier alpha value is -1.82. The van der Waals surface area contributed by atoms with Crippen molar-refractivity contribution in [3.05, 3.63) is 24.3 Å². The van der Waals surface area contributed by atoms with Gasteiger partial charge in [-0.1, -0.05) is 23.5 Å². The molecule has 6 heteroatoms. The summed E-state index contributed by atoms with van der Waals surface area (Å²) in [6, 6.07) is 8.05. The minimum atomic E-state index is -0.444. The summed E-state index contributed by atoms with van der Waals surface area (Å²) >= 11 is 1.58. The monoisotopic (exact) mass is 362 g/mol. The molecular weight excluding hydrogens is 336 g/mol. The lowest BCUT2D eigenvalue weighted by atomic mass is 9.95. The quantitative estimate of drug-likeness (QED) is 0.790. The van der Waals surface area contributed by atoms with Crippen molar-refractivity contribution in [2.45, 2.75) is 45.6 Å². The number of para-hydroxylation sites is 1. The van der Waals surface area contributed by atoms with Gasteiger partial charge < -0.3 is 14.4 Å². The number of thiazole rings is 1. The highest BCUT2D eigenvalue weighted by Gasteiger charge is 2.27. The maximum absolute atomic E-state index is 12.2. The van der Waals surface area contributed by atoms with E-state index in [-0.39, 0.29) is 6.09 Å². The summed E-state index contributed by atoms with van der Waals surface area (Å²) in [7, 11) is 0. The van der Waals surface area contributed by atoms with Gasteiger partial charge in [-0.05, 0) is 58.1 Å². The van der Waals surface area contributed by atoms with Crippen molar-refractivity contribution >= 4 is 27.6 Å². The van der Waals surface area contributed by atoms with Crippen molar-refractivity contribution in [1.82, 2.24) is 9.88 Å². The summed E-state index contributed by atoms with van der Waals surface area (Å²) in [5.41, 5.74) is 0.538. The zero-order chi connectivity index (χ0) is 17.9. The van der Waals surface area contributed by atoms with E-state index in [4.69, 9.17) is 9.47 Å². The second kappa shape index (κ2) is 7.60. The molecule has 1 aliphatic heterocycles. The lowest BCUT2D eigenvalue weighted by molar-refractivity contribution is 0.0154. The van der Waals surface area contributed by atoms with Gasteiger partial charge in [-0.15, -0.1) is 0 Å². The number of amides is 1. The molecule has 1 saturated heterocycles. The minimum absolute atomic E-state index is 0.204. The van der Waals surface area contributed by atoms with Gasteiger partial charge in [0.05, 0.1) is 16.8 Å². The molecule has 0 bridgehead atoms. The van der Waals surface area contributed by atoms with Crippen LogP contribution in [0.1, 0.15) is 40.0 Å². The SMILES string of the molecule is CC(C)(C)OC(=O)N1CCCC(CCOc2nc3ccccc3s2)C1. The summed E-state index contributed by atoms with van der Waals surface area (Å²) in [5, 5.41) is 0.723. The Morgan fingerprint density at radius 3 is 2.92 bits per heavy atom. The third kappa shape index (κ3) is 5.08. The van der Waals surface area contributed by atoms with Gasteiger partial charge in [-0.2, -0.15) is 0 Å². The largest absolute Gasteiger partial charge is 0.470 e. The fourth-order valence-electron chi connectivity index (χ4n) is 3.02. The number of nitrogens with zero attached hydrogens (tertiary/aromatic N) is 2. The average molecular weight is 362 g/mol. The second-order valence-corrected chi connectivity index (χ2v) is 8.51. The number of rotatable bonds is 4. The molecule has 0 aliphatic carbocycles. The molecule has 1 atom stereocenters. The van der Waals surface area contributed by atoms with Crippen LogP contribution in [0.5, 0.6) is 5.19 Å². The van der Waals surface area contributed by atoms with E-state index in [1.54, 1.807) is 11.3 Å². The maximum Gasteiger partial charge on any atom is 0.410 e. The summed E-state index contributed by atoms with van der Waals surface area (Å²) in [6.45, 7) is 7.86. The molecule has 0 N–H and O–H groups in total. The lowest BCUT2D eigenvalue weighted by Gasteiger charge is -2.34. The van der Waals surface area contributed by atoms with Crippen molar-refractivity contribution < 1.29 is 14.3 Å². The third-order valence-electron chi connectivity index (χ3n) is 4.20. The molecule has 5 nitrogen and oxygen atoms in total. The van der Waals surface area contributed by atoms with Gasteiger partial charge in [0.25, 0.3) is 5.19 Å². The molecule has 2 heterocycles. The molecule has 136 valence electrons. The number of fused-ring (bicyclic) bond motifs is 1. The van der Waals surface area contributed by atoms with Crippen LogP contribution in [0.3, 0.4) is 0 Å². The smallest absolute Gasteiger partial charge is 0.410 e. The molecule has 0 spiro atoms. The molecule has 2 aromatic rings. The van der Waals surface area contributed by atoms with Crippen LogP contribution < -0.4 is 4.74 Å². The predicted molar refractivity (Wildman–Crippen MR) is 100 cm³/mol. The normalized spacial score (nSPS) is 18.4. The van der Waals surface area contributed by atoms with Gasteiger partial charge in [0.2, 0.25) is 0 Å². The van der Waals surface area contributed by atoms with Crippen LogP contribution in [0.2, 0.25) is 0 Å². The van der Waals surface area contributed by atoms with Crippen molar-refractivity contribution in [3.8, 4) is 5.19 Å². The van der Waals surface area contributed by atoms with E-state index in [9.17, 15) is 4.79 Å². The lowest BCUT2D eigenvalue weighted by Crippen LogP contribution is -2.43. The van der Waals surface area contributed by atoms with Gasteiger partial charge in [0.15, 0.2) is 0 Å². The molecule has 0 saturated carbocycles. The van der Waals surface area contributed by atoms with Crippen LogP contribution in [0.15, 0.2) is 24.3 Å². The Balaban J connectivity index is 1.47. The molecule has 1 aromatic carbocycles. The first-order valence-corrected chi connectivity index (χ1v) is 9.69. The number of aromatic nitrogens is 1. The highest BCUT2D eigenvalue weighted by atomic mass is 32.1. The van der Waals surface area contributed by atoms with Crippen molar-refractivity contribution in [1.29, 1.82) is 0 Å². The number of hydrogen-bond donors (Lipinski definition) is 0. The Morgan fingerprint density at radius 2 is 2.16 bits per heavy atom. The number of hydrogen-bond acceptors (Lipinski definition) is 5. The fraction of sp³-hybridized carbons (Fsp3) is 0.579. The van der Waals surface area contributed by atoms with Gasteiger partial charge in [0.1, 0.15) is 5.60 Å². The molecule has 1 fully saturated rings. The summed E-state index contributed by atoms with van der Waals surface area (Å²) in [6.07, 6.45) is 2.87. The number of piperidine rings is 1. The maximum atomic E-state index is 12.2. The van der Waals surface area contributed by atoms with E-state index in [2.05, 4.69) is 11.1 Å². The first kappa shape index (κ1) is 18.0. The van der Waals surface area contributed by atoms with Crippen LogP contribution in [0, 0.1) is 5.92 Å². The third-order valence-corrected chi connectivity index (χ3v) is 5.15. The molecule has 25 heavy (non-hydrogen) atoms. The van der Waals surface area contributed by atoms with Crippen molar-refractivity contribution in [2.24, 2.45) is 5.92 Å². The molecular formula is C19H26N2O3S. The standard InChI is InChI=1S/C19H26N2O3S/c1-19(2,3)24-18(22)21-11-6-7-14(13-21)10-12-23-17-20-15-8-4-5-9-16(15)25-17/h4-5,8-9,14H,6-7,10-13H2,1-3H3. The van der Waals surface area contributed by atoms with Crippen LogP contribution in [-0.2, 0) is 4.74 Å². The van der Waals surface area contributed by atoms with E-state index < -0.39 is 5.60 Å².